The molecule has 1 aliphatic rings. The number of rotatable bonds is 7. The molecule has 3 aromatic rings. The van der Waals surface area contributed by atoms with Gasteiger partial charge in [0.2, 0.25) is 0 Å². The van der Waals surface area contributed by atoms with Crippen LogP contribution in [0.25, 0.3) is 0 Å². The predicted molar refractivity (Wildman–Crippen MR) is 130 cm³/mol. The Balaban J connectivity index is 1.37. The summed E-state index contributed by atoms with van der Waals surface area (Å²) >= 11 is 11.8. The van der Waals surface area contributed by atoms with Gasteiger partial charge in [0, 0.05) is 28.0 Å². The van der Waals surface area contributed by atoms with E-state index < -0.39 is 6.03 Å². The van der Waals surface area contributed by atoms with Crippen molar-refractivity contribution >= 4 is 52.2 Å². The standard InChI is InChI=1S/C24H21Cl2N3O4/c25-16-2-6-18(7-3-16)27-24(31)28-19-8-11-22-21(14-19)29(23(30)15-33-22)12-1-13-32-20-9-4-17(26)5-10-20/h2-11,14H,1,12-13,15H2,(H2,27,28,31). The van der Waals surface area contributed by atoms with E-state index in [0.717, 1.165) is 0 Å². The Kier molecular flexibility index (Phi) is 7.22. The second-order valence-electron chi connectivity index (χ2n) is 7.26. The first-order valence-electron chi connectivity index (χ1n) is 10.3. The number of anilines is 3. The van der Waals surface area contributed by atoms with Crippen molar-refractivity contribution < 1.29 is 19.1 Å². The smallest absolute Gasteiger partial charge is 0.323 e. The van der Waals surface area contributed by atoms with Crippen LogP contribution >= 0.6 is 23.2 Å². The second kappa shape index (κ2) is 10.5. The van der Waals surface area contributed by atoms with E-state index in [4.69, 9.17) is 32.7 Å². The van der Waals surface area contributed by atoms with E-state index in [0.29, 0.717) is 58.2 Å². The normalized spacial score (nSPS) is 12.5. The van der Waals surface area contributed by atoms with Crippen LogP contribution < -0.4 is 25.0 Å². The van der Waals surface area contributed by atoms with Crippen molar-refractivity contribution in [3.8, 4) is 11.5 Å². The molecule has 0 aliphatic carbocycles. The first-order valence-corrected chi connectivity index (χ1v) is 11.0. The zero-order valence-electron chi connectivity index (χ0n) is 17.5. The highest BCUT2D eigenvalue weighted by Crippen LogP contribution is 2.34. The summed E-state index contributed by atoms with van der Waals surface area (Å²) in [5.41, 5.74) is 1.73. The Morgan fingerprint density at radius 2 is 1.58 bits per heavy atom. The molecule has 0 fully saturated rings. The van der Waals surface area contributed by atoms with Gasteiger partial charge in [-0.1, -0.05) is 23.2 Å². The molecule has 3 aromatic carbocycles. The third kappa shape index (κ3) is 6.09. The van der Waals surface area contributed by atoms with E-state index in [9.17, 15) is 9.59 Å². The molecule has 0 atom stereocenters. The quantitative estimate of drug-likeness (QED) is 0.412. The molecule has 0 saturated carbocycles. The van der Waals surface area contributed by atoms with Crippen molar-refractivity contribution in [3.05, 3.63) is 76.8 Å². The lowest BCUT2D eigenvalue weighted by Gasteiger charge is -2.30. The number of fused-ring (bicyclic) bond motifs is 1. The molecule has 0 unspecified atom stereocenters. The number of nitrogens with one attached hydrogen (secondary N) is 2. The maximum absolute atomic E-state index is 12.5. The highest BCUT2D eigenvalue weighted by Gasteiger charge is 2.25. The minimum atomic E-state index is -0.414. The lowest BCUT2D eigenvalue weighted by Crippen LogP contribution is -2.39. The Labute approximate surface area is 201 Å². The third-order valence-electron chi connectivity index (χ3n) is 4.87. The van der Waals surface area contributed by atoms with Gasteiger partial charge < -0.3 is 25.0 Å². The first kappa shape index (κ1) is 22.8. The number of ether oxygens (including phenoxy) is 2. The SMILES string of the molecule is O=C(Nc1ccc(Cl)cc1)Nc1ccc2c(c1)N(CCCOc1ccc(Cl)cc1)C(=O)CO2. The molecule has 33 heavy (non-hydrogen) atoms. The van der Waals surface area contributed by atoms with Crippen LogP contribution in [-0.2, 0) is 4.79 Å². The molecule has 0 saturated heterocycles. The topological polar surface area (TPSA) is 79.9 Å². The van der Waals surface area contributed by atoms with Crippen LogP contribution in [0, 0.1) is 0 Å². The Bertz CT molecular complexity index is 1140. The molecule has 4 rings (SSSR count). The first-order chi connectivity index (χ1) is 16.0. The number of nitrogens with zero attached hydrogens (tertiary/aromatic N) is 1. The molecule has 0 bridgehead atoms. The Morgan fingerprint density at radius 3 is 2.30 bits per heavy atom. The molecule has 0 radical (unpaired) electrons. The van der Waals surface area contributed by atoms with Crippen LogP contribution in [-0.4, -0.2) is 31.7 Å². The van der Waals surface area contributed by atoms with Crippen LogP contribution in [0.2, 0.25) is 10.0 Å². The minimum absolute atomic E-state index is 0.0329. The summed E-state index contributed by atoms with van der Waals surface area (Å²) in [5, 5.41) is 6.73. The van der Waals surface area contributed by atoms with Gasteiger partial charge >= 0.3 is 6.03 Å². The lowest BCUT2D eigenvalue weighted by atomic mass is 10.2. The van der Waals surface area contributed by atoms with Crippen LogP contribution in [0.3, 0.4) is 0 Å². The molecule has 3 amide bonds. The fraction of sp³-hybridized carbons (Fsp3) is 0.167. The van der Waals surface area contributed by atoms with Gasteiger partial charge in [0.15, 0.2) is 6.61 Å². The molecule has 170 valence electrons. The van der Waals surface area contributed by atoms with Crippen molar-refractivity contribution in [1.82, 2.24) is 0 Å². The van der Waals surface area contributed by atoms with Gasteiger partial charge in [-0.2, -0.15) is 0 Å². The molecule has 2 N–H and O–H groups in total. The minimum Gasteiger partial charge on any atom is -0.494 e. The largest absolute Gasteiger partial charge is 0.494 e. The summed E-state index contributed by atoms with van der Waals surface area (Å²) in [5.74, 6) is 1.14. The summed E-state index contributed by atoms with van der Waals surface area (Å²) in [7, 11) is 0. The number of hydrogen-bond acceptors (Lipinski definition) is 4. The fourth-order valence-corrected chi connectivity index (χ4v) is 3.55. The maximum Gasteiger partial charge on any atom is 0.323 e. The van der Waals surface area contributed by atoms with Gasteiger partial charge in [-0.05, 0) is 73.2 Å². The number of carbonyl (C=O) groups excluding carboxylic acids is 2. The van der Waals surface area contributed by atoms with Gasteiger partial charge in [-0.25, -0.2) is 4.79 Å². The van der Waals surface area contributed by atoms with Crippen LogP contribution in [0.15, 0.2) is 66.7 Å². The number of carbonyl (C=O) groups is 2. The average molecular weight is 486 g/mol. The van der Waals surface area contributed by atoms with E-state index in [1.807, 2.05) is 0 Å². The van der Waals surface area contributed by atoms with Crippen molar-refractivity contribution in [1.29, 1.82) is 0 Å². The van der Waals surface area contributed by atoms with E-state index in [-0.39, 0.29) is 12.5 Å². The monoisotopic (exact) mass is 485 g/mol. The fourth-order valence-electron chi connectivity index (χ4n) is 3.30. The summed E-state index contributed by atoms with van der Waals surface area (Å²) in [6, 6.07) is 18.7. The van der Waals surface area contributed by atoms with Gasteiger partial charge in [0.1, 0.15) is 11.5 Å². The van der Waals surface area contributed by atoms with E-state index in [2.05, 4.69) is 10.6 Å². The van der Waals surface area contributed by atoms with E-state index in [1.54, 1.807) is 71.6 Å². The third-order valence-corrected chi connectivity index (χ3v) is 5.37. The molecule has 0 aromatic heterocycles. The molecule has 0 spiro atoms. The van der Waals surface area contributed by atoms with Crippen LogP contribution in [0.1, 0.15) is 6.42 Å². The van der Waals surface area contributed by atoms with Gasteiger partial charge in [0.05, 0.1) is 12.3 Å². The van der Waals surface area contributed by atoms with Crippen molar-refractivity contribution in [3.63, 3.8) is 0 Å². The summed E-state index contributed by atoms with van der Waals surface area (Å²) in [6.45, 7) is 0.848. The number of halogens is 2. The zero-order chi connectivity index (χ0) is 23.2. The van der Waals surface area contributed by atoms with Crippen LogP contribution in [0.5, 0.6) is 11.5 Å². The number of amides is 3. The second-order valence-corrected chi connectivity index (χ2v) is 8.13. The molecule has 9 heteroatoms. The van der Waals surface area contributed by atoms with E-state index in [1.165, 1.54) is 0 Å². The summed E-state index contributed by atoms with van der Waals surface area (Å²) in [4.78, 5) is 26.5. The average Bonchev–Trinajstić information content (AvgIpc) is 2.80. The van der Waals surface area contributed by atoms with Crippen LogP contribution in [0.4, 0.5) is 21.9 Å². The number of benzene rings is 3. The maximum atomic E-state index is 12.5. The lowest BCUT2D eigenvalue weighted by molar-refractivity contribution is -0.121. The highest BCUT2D eigenvalue weighted by molar-refractivity contribution is 6.30. The molecule has 1 heterocycles. The van der Waals surface area contributed by atoms with Gasteiger partial charge in [0.25, 0.3) is 5.91 Å². The Hall–Kier alpha value is -3.42. The zero-order valence-corrected chi connectivity index (χ0v) is 19.0. The number of urea groups is 1. The molecule has 7 nitrogen and oxygen atoms in total. The van der Waals surface area contributed by atoms with Crippen molar-refractivity contribution in [2.75, 3.05) is 35.3 Å². The molecular formula is C24H21Cl2N3O4. The van der Waals surface area contributed by atoms with E-state index >= 15 is 0 Å². The van der Waals surface area contributed by atoms with Crippen molar-refractivity contribution in [2.45, 2.75) is 6.42 Å². The number of hydrogen-bond donors (Lipinski definition) is 2. The molecular weight excluding hydrogens is 465 g/mol. The summed E-state index contributed by atoms with van der Waals surface area (Å²) < 4.78 is 11.3. The highest BCUT2D eigenvalue weighted by atomic mass is 35.5. The van der Waals surface area contributed by atoms with Gasteiger partial charge in [-0.15, -0.1) is 0 Å². The predicted octanol–water partition coefficient (Wildman–Crippen LogP) is 5.83. The van der Waals surface area contributed by atoms with Crippen molar-refractivity contribution in [2.24, 2.45) is 0 Å². The summed E-state index contributed by atoms with van der Waals surface area (Å²) in [6.07, 6.45) is 0.614. The van der Waals surface area contributed by atoms with Gasteiger partial charge in [-0.3, -0.25) is 4.79 Å². The Morgan fingerprint density at radius 1 is 0.939 bits per heavy atom. The molecule has 1 aliphatic heterocycles.